The quantitative estimate of drug-likeness (QED) is 0.168. The summed E-state index contributed by atoms with van der Waals surface area (Å²) >= 11 is 0. The first-order chi connectivity index (χ1) is 20.0. The van der Waals surface area contributed by atoms with E-state index in [-0.39, 0.29) is 31.0 Å². The van der Waals surface area contributed by atoms with Crippen LogP contribution < -0.4 is 5.32 Å². The predicted molar refractivity (Wildman–Crippen MR) is 155 cm³/mol. The average Bonchev–Trinajstić information content (AvgIpc) is 3.28. The summed E-state index contributed by atoms with van der Waals surface area (Å²) < 4.78 is 29.8. The molecule has 0 saturated carbocycles. The Morgan fingerprint density at radius 2 is 1.48 bits per heavy atom. The SMILES string of the molecule is CC(C)n1c(CC[C@@H](O)C[C@@H](O)CC(=O)O)c(-c2ccc(F)cc2)c(-c2ccc(F)cc2)c1C(=O)Nc1ccccn1. The lowest BCUT2D eigenvalue weighted by atomic mass is 9.92. The van der Waals surface area contributed by atoms with Gasteiger partial charge in [-0.15, -0.1) is 0 Å². The Bertz CT molecular complexity index is 1520. The maximum atomic E-state index is 14.0. The van der Waals surface area contributed by atoms with E-state index in [1.54, 1.807) is 48.7 Å². The first-order valence-electron chi connectivity index (χ1n) is 13.6. The number of nitrogens with zero attached hydrogens (tertiary/aromatic N) is 2. The second kappa shape index (κ2) is 13.5. The monoisotopic (exact) mass is 577 g/mol. The number of aliphatic carboxylic acids is 1. The van der Waals surface area contributed by atoms with E-state index in [4.69, 9.17) is 5.11 Å². The predicted octanol–water partition coefficient (Wildman–Crippen LogP) is 5.85. The fourth-order valence-corrected chi connectivity index (χ4v) is 5.13. The maximum absolute atomic E-state index is 14.0. The molecule has 0 bridgehead atoms. The summed E-state index contributed by atoms with van der Waals surface area (Å²) in [5.41, 5.74) is 3.21. The number of hydrogen-bond acceptors (Lipinski definition) is 5. The molecule has 4 N–H and O–H groups in total. The van der Waals surface area contributed by atoms with Crippen molar-refractivity contribution in [3.05, 3.63) is 95.9 Å². The lowest BCUT2D eigenvalue weighted by Gasteiger charge is -2.20. The van der Waals surface area contributed by atoms with E-state index in [0.717, 1.165) is 0 Å². The van der Waals surface area contributed by atoms with E-state index >= 15 is 0 Å². The van der Waals surface area contributed by atoms with Crippen molar-refractivity contribution in [3.8, 4) is 22.3 Å². The molecule has 2 heterocycles. The van der Waals surface area contributed by atoms with Crippen LogP contribution in [0.5, 0.6) is 0 Å². The lowest BCUT2D eigenvalue weighted by Crippen LogP contribution is -2.23. The minimum Gasteiger partial charge on any atom is -0.481 e. The zero-order valence-corrected chi connectivity index (χ0v) is 23.3. The summed E-state index contributed by atoms with van der Waals surface area (Å²) in [6.07, 6.45) is -0.960. The Hall–Kier alpha value is -4.41. The average molecular weight is 578 g/mol. The number of aromatic nitrogens is 2. The number of anilines is 1. The van der Waals surface area contributed by atoms with Crippen molar-refractivity contribution in [2.45, 2.75) is 57.8 Å². The molecular formula is C32H33F2N3O5. The fraction of sp³-hybridized carbons (Fsp3) is 0.281. The summed E-state index contributed by atoms with van der Waals surface area (Å²) in [6, 6.07) is 16.4. The molecule has 220 valence electrons. The Labute approximate surface area is 242 Å². The van der Waals surface area contributed by atoms with Crippen molar-refractivity contribution >= 4 is 17.7 Å². The van der Waals surface area contributed by atoms with Crippen molar-refractivity contribution < 1.29 is 33.7 Å². The van der Waals surface area contributed by atoms with Crippen molar-refractivity contribution in [1.82, 2.24) is 9.55 Å². The molecule has 8 nitrogen and oxygen atoms in total. The van der Waals surface area contributed by atoms with E-state index in [2.05, 4.69) is 10.3 Å². The van der Waals surface area contributed by atoms with Gasteiger partial charge < -0.3 is 25.2 Å². The molecule has 0 fully saturated rings. The fourth-order valence-electron chi connectivity index (χ4n) is 5.13. The Morgan fingerprint density at radius 3 is 2.00 bits per heavy atom. The Balaban J connectivity index is 1.91. The third kappa shape index (κ3) is 7.26. The number of carbonyl (C=O) groups is 2. The van der Waals surface area contributed by atoms with E-state index in [0.29, 0.717) is 33.8 Å². The highest BCUT2D eigenvalue weighted by Crippen LogP contribution is 2.43. The molecule has 0 unspecified atom stereocenters. The summed E-state index contributed by atoms with van der Waals surface area (Å²) in [5.74, 6) is -2.20. The van der Waals surface area contributed by atoms with Gasteiger partial charge in [0.05, 0.1) is 18.6 Å². The molecule has 0 aliphatic heterocycles. The van der Waals surface area contributed by atoms with E-state index in [9.17, 15) is 28.6 Å². The van der Waals surface area contributed by atoms with Crippen molar-refractivity contribution in [3.63, 3.8) is 0 Å². The van der Waals surface area contributed by atoms with Gasteiger partial charge in [0.1, 0.15) is 23.1 Å². The molecule has 0 radical (unpaired) electrons. The van der Waals surface area contributed by atoms with Crippen molar-refractivity contribution in [2.75, 3.05) is 5.32 Å². The van der Waals surface area contributed by atoms with Crippen LogP contribution in [0.3, 0.4) is 0 Å². The zero-order chi connectivity index (χ0) is 30.4. The number of pyridine rings is 1. The van der Waals surface area contributed by atoms with Crippen molar-refractivity contribution in [2.24, 2.45) is 0 Å². The molecule has 42 heavy (non-hydrogen) atoms. The minimum absolute atomic E-state index is 0.140. The molecule has 4 rings (SSSR count). The number of carboxylic acids is 1. The lowest BCUT2D eigenvalue weighted by molar-refractivity contribution is -0.139. The number of halogens is 2. The maximum Gasteiger partial charge on any atom is 0.305 e. The third-order valence-electron chi connectivity index (χ3n) is 6.88. The highest BCUT2D eigenvalue weighted by Gasteiger charge is 2.31. The molecule has 0 saturated heterocycles. The number of amides is 1. The first kappa shape index (κ1) is 30.5. The van der Waals surface area contributed by atoms with Crippen LogP contribution in [0.25, 0.3) is 22.3 Å². The van der Waals surface area contributed by atoms with Crippen LogP contribution >= 0.6 is 0 Å². The van der Waals surface area contributed by atoms with Gasteiger partial charge in [-0.2, -0.15) is 0 Å². The molecule has 0 aliphatic rings. The largest absolute Gasteiger partial charge is 0.481 e. The van der Waals surface area contributed by atoms with Crippen LogP contribution in [0.2, 0.25) is 0 Å². The second-order valence-electron chi connectivity index (χ2n) is 10.4. The van der Waals surface area contributed by atoms with E-state index in [1.165, 1.54) is 24.3 Å². The molecule has 2 aromatic carbocycles. The van der Waals surface area contributed by atoms with Crippen LogP contribution in [0.1, 0.15) is 55.3 Å². The molecular weight excluding hydrogens is 544 g/mol. The van der Waals surface area contributed by atoms with Gasteiger partial charge in [-0.1, -0.05) is 30.3 Å². The normalized spacial score (nSPS) is 12.7. The molecule has 2 aromatic heterocycles. The van der Waals surface area contributed by atoms with Crippen LogP contribution in [-0.4, -0.2) is 49.0 Å². The summed E-state index contributed by atoms with van der Waals surface area (Å²) in [7, 11) is 0. The summed E-state index contributed by atoms with van der Waals surface area (Å²) in [6.45, 7) is 3.80. The molecule has 2 atom stereocenters. The van der Waals surface area contributed by atoms with Gasteiger partial charge in [-0.25, -0.2) is 13.8 Å². The van der Waals surface area contributed by atoms with Crippen LogP contribution in [0.15, 0.2) is 72.9 Å². The van der Waals surface area contributed by atoms with E-state index in [1.807, 2.05) is 18.4 Å². The van der Waals surface area contributed by atoms with E-state index < -0.39 is 42.1 Å². The number of aliphatic hydroxyl groups excluding tert-OH is 2. The number of nitrogens with one attached hydrogen (secondary N) is 1. The van der Waals surface area contributed by atoms with Crippen LogP contribution in [0.4, 0.5) is 14.6 Å². The van der Waals surface area contributed by atoms with Crippen LogP contribution in [0, 0.1) is 11.6 Å². The third-order valence-corrected chi connectivity index (χ3v) is 6.88. The topological polar surface area (TPSA) is 125 Å². The molecule has 0 spiro atoms. The first-order valence-corrected chi connectivity index (χ1v) is 13.6. The standard InChI is InChI=1S/C32H33F2N3O5/c1-19(2)37-26(15-14-24(38)17-25(39)18-28(40)41)29(20-6-10-22(33)11-7-20)30(21-8-12-23(34)13-9-21)31(37)32(42)36-27-5-3-4-16-35-27/h3-13,16,19,24-25,38-39H,14-15,17-18H2,1-2H3,(H,40,41)(H,35,36,42)/t24-,25-/m1/s1. The number of carboxylic acid groups (broad SMARTS) is 1. The smallest absolute Gasteiger partial charge is 0.305 e. The number of aliphatic hydroxyl groups is 2. The number of carbonyl (C=O) groups excluding carboxylic acids is 1. The van der Waals surface area contributed by atoms with Gasteiger partial charge in [0.15, 0.2) is 0 Å². The highest BCUT2D eigenvalue weighted by atomic mass is 19.1. The summed E-state index contributed by atoms with van der Waals surface area (Å²) in [4.78, 5) is 29.2. The van der Waals surface area contributed by atoms with Gasteiger partial charge in [0, 0.05) is 29.1 Å². The molecule has 0 aliphatic carbocycles. The van der Waals surface area contributed by atoms with Gasteiger partial charge in [0.2, 0.25) is 0 Å². The van der Waals surface area contributed by atoms with Crippen molar-refractivity contribution in [1.29, 1.82) is 0 Å². The van der Waals surface area contributed by atoms with Gasteiger partial charge >= 0.3 is 5.97 Å². The molecule has 4 aromatic rings. The number of benzene rings is 2. The minimum atomic E-state index is -1.22. The zero-order valence-electron chi connectivity index (χ0n) is 23.3. The Morgan fingerprint density at radius 1 is 0.881 bits per heavy atom. The van der Waals surface area contributed by atoms with Gasteiger partial charge in [-0.05, 0) is 80.6 Å². The second-order valence-corrected chi connectivity index (χ2v) is 10.4. The molecule has 10 heteroatoms. The summed E-state index contributed by atoms with van der Waals surface area (Å²) in [5, 5.41) is 32.6. The highest BCUT2D eigenvalue weighted by molar-refractivity contribution is 6.10. The number of hydrogen-bond donors (Lipinski definition) is 4. The number of rotatable bonds is 12. The van der Waals surface area contributed by atoms with Crippen LogP contribution in [-0.2, 0) is 11.2 Å². The molecule has 1 amide bonds. The Kier molecular flexibility index (Phi) is 9.82. The van der Waals surface area contributed by atoms with Gasteiger partial charge in [-0.3, -0.25) is 9.59 Å². The van der Waals surface area contributed by atoms with Gasteiger partial charge in [0.25, 0.3) is 5.91 Å².